The summed E-state index contributed by atoms with van der Waals surface area (Å²) in [5.74, 6) is -2.65. The molecule has 10 heteroatoms. The van der Waals surface area contributed by atoms with Crippen LogP contribution in [0.5, 0.6) is 0 Å². The van der Waals surface area contributed by atoms with Gasteiger partial charge in [0.1, 0.15) is 11.6 Å². The van der Waals surface area contributed by atoms with Crippen molar-refractivity contribution in [3.05, 3.63) is 83.4 Å². The molecule has 2 aromatic carbocycles. The number of benzene rings is 2. The molecule has 0 atom stereocenters. The maximum Gasteiger partial charge on any atom is 0.332 e. The van der Waals surface area contributed by atoms with Crippen LogP contribution in [0.4, 0.5) is 8.78 Å². The number of carbonyl (C=O) groups excluding carboxylic acids is 4. The predicted molar refractivity (Wildman–Crippen MR) is 120 cm³/mol. The molecule has 2 N–H and O–H groups in total. The van der Waals surface area contributed by atoms with Gasteiger partial charge in [0.05, 0.1) is 25.6 Å². The number of halogens is 2. The van der Waals surface area contributed by atoms with Crippen molar-refractivity contribution in [2.24, 2.45) is 0 Å². The maximum absolute atomic E-state index is 12.7. The van der Waals surface area contributed by atoms with Crippen LogP contribution in [0.15, 0.2) is 60.7 Å². The lowest BCUT2D eigenvalue weighted by Gasteiger charge is -2.07. The predicted octanol–water partition coefficient (Wildman–Crippen LogP) is 2.95. The molecule has 0 aliphatic rings. The van der Waals surface area contributed by atoms with Crippen LogP contribution < -0.4 is 10.6 Å². The van der Waals surface area contributed by atoms with E-state index >= 15 is 0 Å². The summed E-state index contributed by atoms with van der Waals surface area (Å²) < 4.78 is 34.4. The van der Waals surface area contributed by atoms with Gasteiger partial charge in [-0.15, -0.1) is 0 Å². The molecule has 0 spiro atoms. The minimum Gasteiger partial charge on any atom is -0.466 e. The van der Waals surface area contributed by atoms with Gasteiger partial charge in [0.25, 0.3) is 0 Å². The first-order valence-corrected chi connectivity index (χ1v) is 9.72. The molecule has 34 heavy (non-hydrogen) atoms. The zero-order valence-corrected chi connectivity index (χ0v) is 19.0. The Balaban J connectivity index is 0.000000340. The lowest BCUT2D eigenvalue weighted by molar-refractivity contribution is -0.135. The molecule has 2 aromatic rings. The van der Waals surface area contributed by atoms with Crippen LogP contribution in [0.3, 0.4) is 0 Å². The van der Waals surface area contributed by atoms with E-state index in [4.69, 9.17) is 0 Å². The molecule has 0 aliphatic heterocycles. The highest BCUT2D eigenvalue weighted by Gasteiger charge is 2.08. The van der Waals surface area contributed by atoms with Gasteiger partial charge in [-0.05, 0) is 59.7 Å². The second-order valence-electron chi connectivity index (χ2n) is 6.54. The van der Waals surface area contributed by atoms with E-state index in [0.29, 0.717) is 11.1 Å². The van der Waals surface area contributed by atoms with E-state index in [-0.39, 0.29) is 23.2 Å². The van der Waals surface area contributed by atoms with Crippen molar-refractivity contribution >= 4 is 35.1 Å². The fourth-order valence-corrected chi connectivity index (χ4v) is 2.37. The van der Waals surface area contributed by atoms with Gasteiger partial charge in [0.2, 0.25) is 11.8 Å². The molecular formula is C24H24F2N2O6. The van der Waals surface area contributed by atoms with E-state index in [9.17, 15) is 28.0 Å². The summed E-state index contributed by atoms with van der Waals surface area (Å²) in [5, 5.41) is 4.96. The Kier molecular flexibility index (Phi) is 11.4. The van der Waals surface area contributed by atoms with Crippen molar-refractivity contribution in [3.63, 3.8) is 0 Å². The molecule has 2 rings (SSSR count). The van der Waals surface area contributed by atoms with Crippen molar-refractivity contribution in [2.45, 2.75) is 13.8 Å². The van der Waals surface area contributed by atoms with Gasteiger partial charge in [-0.2, -0.15) is 0 Å². The molecule has 0 fully saturated rings. The Morgan fingerprint density at radius 1 is 0.647 bits per heavy atom. The SMILES string of the molecule is COC(=O)/C=C(/NC(C)=O)c1ccc(F)cc1.COC(=O)/C=C(/NC(C)=O)c1ccc(F)cc1. The van der Waals surface area contributed by atoms with E-state index in [1.807, 2.05) is 0 Å². The van der Waals surface area contributed by atoms with Crippen LogP contribution in [0, 0.1) is 11.6 Å². The topological polar surface area (TPSA) is 111 Å². The molecule has 0 bridgehead atoms. The largest absolute Gasteiger partial charge is 0.466 e. The number of hydrogen-bond acceptors (Lipinski definition) is 6. The summed E-state index contributed by atoms with van der Waals surface area (Å²) >= 11 is 0. The molecule has 0 saturated heterocycles. The minimum absolute atomic E-state index is 0.268. The van der Waals surface area contributed by atoms with Crippen molar-refractivity contribution in [1.82, 2.24) is 10.6 Å². The van der Waals surface area contributed by atoms with E-state index in [1.54, 1.807) is 0 Å². The Morgan fingerprint density at radius 2 is 0.941 bits per heavy atom. The number of ether oxygens (including phenoxy) is 2. The van der Waals surface area contributed by atoms with E-state index < -0.39 is 23.6 Å². The molecule has 180 valence electrons. The van der Waals surface area contributed by atoms with Crippen LogP contribution in [0.1, 0.15) is 25.0 Å². The van der Waals surface area contributed by atoms with Gasteiger partial charge < -0.3 is 20.1 Å². The van der Waals surface area contributed by atoms with Gasteiger partial charge in [-0.3, -0.25) is 9.59 Å². The number of hydrogen-bond donors (Lipinski definition) is 2. The Morgan fingerprint density at radius 3 is 1.18 bits per heavy atom. The fourth-order valence-electron chi connectivity index (χ4n) is 2.37. The summed E-state index contributed by atoms with van der Waals surface area (Å²) in [7, 11) is 2.46. The normalized spacial score (nSPS) is 10.9. The van der Waals surface area contributed by atoms with E-state index in [0.717, 1.165) is 12.2 Å². The third-order valence-electron chi connectivity index (χ3n) is 3.86. The standard InChI is InChI=1S/2C12H12FNO3/c2*1-8(15)14-11(7-12(16)17-2)9-3-5-10(13)6-4-9/h2*3-7H,1-2H3,(H,14,15)/b2*11-7+. The average molecular weight is 474 g/mol. The average Bonchev–Trinajstić information content (AvgIpc) is 2.79. The number of nitrogens with one attached hydrogen (secondary N) is 2. The van der Waals surface area contributed by atoms with Crippen LogP contribution in [0.2, 0.25) is 0 Å². The number of methoxy groups -OCH3 is 2. The molecule has 0 radical (unpaired) electrons. The van der Waals surface area contributed by atoms with E-state index in [1.165, 1.54) is 76.6 Å². The minimum atomic E-state index is -0.599. The first-order chi connectivity index (χ1) is 16.0. The Bertz CT molecular complexity index is 990. The third-order valence-corrected chi connectivity index (χ3v) is 3.86. The number of esters is 2. The van der Waals surface area contributed by atoms with Crippen LogP contribution in [-0.2, 0) is 28.7 Å². The van der Waals surface area contributed by atoms with Gasteiger partial charge in [0, 0.05) is 26.0 Å². The first-order valence-electron chi connectivity index (χ1n) is 9.72. The van der Waals surface area contributed by atoms with Crippen molar-refractivity contribution < 1.29 is 37.4 Å². The summed E-state index contributed by atoms with van der Waals surface area (Å²) in [5.41, 5.74) is 1.58. The molecule has 0 heterocycles. The lowest BCUT2D eigenvalue weighted by Crippen LogP contribution is -2.19. The maximum atomic E-state index is 12.7. The first kappa shape index (κ1) is 27.7. The smallest absolute Gasteiger partial charge is 0.332 e. The van der Waals surface area contributed by atoms with Crippen LogP contribution >= 0.6 is 0 Å². The third kappa shape index (κ3) is 10.3. The van der Waals surface area contributed by atoms with Crippen LogP contribution in [0.25, 0.3) is 11.4 Å². The summed E-state index contributed by atoms with van der Waals surface area (Å²) in [6.07, 6.45) is 2.27. The molecule has 8 nitrogen and oxygen atoms in total. The monoisotopic (exact) mass is 474 g/mol. The highest BCUT2D eigenvalue weighted by molar-refractivity contribution is 5.96. The second kappa shape index (κ2) is 13.9. The highest BCUT2D eigenvalue weighted by atomic mass is 19.1. The molecule has 0 aliphatic carbocycles. The second-order valence-corrected chi connectivity index (χ2v) is 6.54. The summed E-state index contributed by atoms with van der Waals surface area (Å²) in [6, 6.07) is 10.8. The Labute approximate surface area is 195 Å². The quantitative estimate of drug-likeness (QED) is 0.492. The van der Waals surface area contributed by atoms with Gasteiger partial charge in [-0.25, -0.2) is 18.4 Å². The number of carbonyl (C=O) groups is 4. The van der Waals surface area contributed by atoms with E-state index in [2.05, 4.69) is 20.1 Å². The van der Waals surface area contributed by atoms with Crippen molar-refractivity contribution in [3.8, 4) is 0 Å². The van der Waals surface area contributed by atoms with Gasteiger partial charge in [-0.1, -0.05) is 0 Å². The zero-order valence-electron chi connectivity index (χ0n) is 19.0. The number of amides is 2. The number of rotatable bonds is 6. The lowest BCUT2D eigenvalue weighted by atomic mass is 10.1. The van der Waals surface area contributed by atoms with Crippen molar-refractivity contribution in [2.75, 3.05) is 14.2 Å². The zero-order chi connectivity index (χ0) is 25.7. The van der Waals surface area contributed by atoms with Gasteiger partial charge >= 0.3 is 11.9 Å². The molecule has 2 amide bonds. The Hall–Kier alpha value is -4.34. The van der Waals surface area contributed by atoms with Crippen LogP contribution in [-0.4, -0.2) is 38.0 Å². The highest BCUT2D eigenvalue weighted by Crippen LogP contribution is 2.13. The summed E-state index contributed by atoms with van der Waals surface area (Å²) in [4.78, 5) is 44.2. The summed E-state index contributed by atoms with van der Waals surface area (Å²) in [6.45, 7) is 2.63. The fraction of sp³-hybridized carbons (Fsp3) is 0.167. The molecule has 0 unspecified atom stereocenters. The van der Waals surface area contributed by atoms with Crippen molar-refractivity contribution in [1.29, 1.82) is 0 Å². The molecule has 0 saturated carbocycles. The molecule has 0 aromatic heterocycles. The molecular weight excluding hydrogens is 450 g/mol. The van der Waals surface area contributed by atoms with Gasteiger partial charge in [0.15, 0.2) is 0 Å².